The molecule has 0 spiro atoms. The fourth-order valence-corrected chi connectivity index (χ4v) is 8.93. The number of furan rings is 1. The van der Waals surface area contributed by atoms with Crippen LogP contribution in [0.15, 0.2) is 107 Å². The zero-order valence-electron chi connectivity index (χ0n) is 31.2. The molecule has 2 atom stereocenters. The van der Waals surface area contributed by atoms with E-state index in [1.54, 1.807) is 29.4 Å². The van der Waals surface area contributed by atoms with E-state index in [9.17, 15) is 19.1 Å². The monoisotopic (exact) mass is 790 g/mol. The van der Waals surface area contributed by atoms with Gasteiger partial charge in [0.25, 0.3) is 17.8 Å². The highest BCUT2D eigenvalue weighted by molar-refractivity contribution is 7.46. The average molecular weight is 791 g/mol. The van der Waals surface area contributed by atoms with Crippen molar-refractivity contribution in [2.75, 3.05) is 37.7 Å². The standard InChI is InChI=1S/C43H43N4O9P/c48-41(46-27-31-9-5-4-8-29(31)24-34(46)28-44-19-22-53-23-20-44)37-25-30-17-21-54-43(30)55-40(37)39-26-36(38-12-6-7-18-45(38)39)42(49)47(32-10-2-1-3-11-32)33-13-15-35(16-14-33)56-57(50,51)52/h1-5,8-11,13-17,21,25-26,34,40H,6-7,12,18-20,22-24,27-28H2,(H2,50,51,52)/t34-,40?/m1/s1. The molecule has 4 aliphatic heterocycles. The van der Waals surface area contributed by atoms with E-state index in [0.717, 1.165) is 50.2 Å². The second kappa shape index (κ2) is 15.5. The Labute approximate surface area is 329 Å². The Morgan fingerprint density at radius 2 is 1.61 bits per heavy atom. The van der Waals surface area contributed by atoms with Gasteiger partial charge in [-0.25, -0.2) is 4.57 Å². The van der Waals surface area contributed by atoms with Crippen LogP contribution in [-0.4, -0.2) is 74.9 Å². The van der Waals surface area contributed by atoms with Crippen molar-refractivity contribution in [3.63, 3.8) is 0 Å². The molecule has 0 saturated carbocycles. The maximum absolute atomic E-state index is 15.2. The van der Waals surface area contributed by atoms with E-state index in [-0.39, 0.29) is 23.6 Å². The molecule has 0 radical (unpaired) electrons. The summed E-state index contributed by atoms with van der Waals surface area (Å²) in [5, 5.41) is 0. The first-order chi connectivity index (χ1) is 27.7. The number of rotatable bonds is 9. The van der Waals surface area contributed by atoms with Crippen LogP contribution in [0.3, 0.4) is 0 Å². The number of aromatic nitrogens is 1. The lowest BCUT2D eigenvalue weighted by Gasteiger charge is -2.41. The number of ether oxygens (including phenoxy) is 2. The molecule has 13 nitrogen and oxygen atoms in total. The molecule has 2 amide bonds. The van der Waals surface area contributed by atoms with Gasteiger partial charge in [-0.05, 0) is 91.4 Å². The maximum Gasteiger partial charge on any atom is 0.524 e. The second-order valence-corrected chi connectivity index (χ2v) is 16.0. The number of phosphoric ester groups is 1. The Morgan fingerprint density at radius 1 is 0.877 bits per heavy atom. The fourth-order valence-electron chi connectivity index (χ4n) is 8.53. The van der Waals surface area contributed by atoms with Gasteiger partial charge < -0.3 is 27.9 Å². The summed E-state index contributed by atoms with van der Waals surface area (Å²) in [6, 6.07) is 27.1. The van der Waals surface area contributed by atoms with E-state index in [2.05, 4.69) is 27.7 Å². The van der Waals surface area contributed by atoms with Gasteiger partial charge >= 0.3 is 7.82 Å². The van der Waals surface area contributed by atoms with E-state index in [4.69, 9.17) is 18.4 Å². The molecular weight excluding hydrogens is 747 g/mol. The average Bonchev–Trinajstić information content (AvgIpc) is 3.85. The highest BCUT2D eigenvalue weighted by Gasteiger charge is 2.41. The van der Waals surface area contributed by atoms with E-state index in [1.165, 1.54) is 17.7 Å². The Kier molecular flexibility index (Phi) is 10.1. The topological polar surface area (TPSA) is 147 Å². The lowest BCUT2D eigenvalue weighted by molar-refractivity contribution is -0.132. The van der Waals surface area contributed by atoms with Gasteiger partial charge in [0.05, 0.1) is 41.9 Å². The zero-order valence-corrected chi connectivity index (χ0v) is 32.1. The number of nitrogens with zero attached hydrogens (tertiary/aromatic N) is 4. The number of anilines is 2. The minimum absolute atomic E-state index is 0.0313. The number of carbonyl (C=O) groups is 2. The second-order valence-electron chi connectivity index (χ2n) is 14.8. The van der Waals surface area contributed by atoms with Gasteiger partial charge in [0.2, 0.25) is 0 Å². The van der Waals surface area contributed by atoms with Gasteiger partial charge in [0, 0.05) is 55.8 Å². The lowest BCUT2D eigenvalue weighted by atomic mass is 9.91. The van der Waals surface area contributed by atoms with Crippen LogP contribution in [0.2, 0.25) is 0 Å². The van der Waals surface area contributed by atoms with Crippen molar-refractivity contribution < 1.29 is 42.4 Å². The summed E-state index contributed by atoms with van der Waals surface area (Å²) in [4.78, 5) is 54.8. The first-order valence-electron chi connectivity index (χ1n) is 19.3. The number of carbonyl (C=O) groups excluding carboxylic acids is 2. The van der Waals surface area contributed by atoms with E-state index in [0.29, 0.717) is 72.4 Å². The molecular formula is C43H43N4O9P. The summed E-state index contributed by atoms with van der Waals surface area (Å²) in [6.07, 6.45) is 5.73. The predicted molar refractivity (Wildman–Crippen MR) is 211 cm³/mol. The van der Waals surface area contributed by atoms with Gasteiger partial charge in [-0.2, -0.15) is 0 Å². The summed E-state index contributed by atoms with van der Waals surface area (Å²) in [5.41, 5.74) is 6.61. The van der Waals surface area contributed by atoms with E-state index < -0.39 is 13.9 Å². The summed E-state index contributed by atoms with van der Waals surface area (Å²) >= 11 is 0. The molecule has 9 rings (SSSR count). The van der Waals surface area contributed by atoms with Crippen LogP contribution < -0.4 is 14.2 Å². The fraction of sp³-hybridized carbons (Fsp3) is 0.302. The zero-order chi connectivity index (χ0) is 39.1. The van der Waals surface area contributed by atoms with Gasteiger partial charge in [0.15, 0.2) is 6.10 Å². The number of morpholine rings is 1. The van der Waals surface area contributed by atoms with Crippen LogP contribution in [0.5, 0.6) is 11.7 Å². The molecule has 6 heterocycles. The summed E-state index contributed by atoms with van der Waals surface area (Å²) in [5.74, 6) is -0.141. The molecule has 0 aliphatic carbocycles. The van der Waals surface area contributed by atoms with Crippen molar-refractivity contribution >= 4 is 37.1 Å². The van der Waals surface area contributed by atoms with Crippen molar-refractivity contribution in [3.05, 3.63) is 136 Å². The number of benzene rings is 3. The Morgan fingerprint density at radius 3 is 2.39 bits per heavy atom. The third kappa shape index (κ3) is 7.57. The summed E-state index contributed by atoms with van der Waals surface area (Å²) in [6.45, 7) is 4.78. The maximum atomic E-state index is 15.2. The molecule has 5 aromatic rings. The van der Waals surface area contributed by atoms with Crippen LogP contribution >= 0.6 is 7.82 Å². The van der Waals surface area contributed by atoms with Crippen molar-refractivity contribution in [3.8, 4) is 11.7 Å². The summed E-state index contributed by atoms with van der Waals surface area (Å²) < 4.78 is 36.5. The molecule has 4 aliphatic rings. The number of amides is 2. The third-order valence-electron chi connectivity index (χ3n) is 11.2. The number of fused-ring (bicyclic) bond motifs is 3. The van der Waals surface area contributed by atoms with Crippen LogP contribution in [0, 0.1) is 0 Å². The smallest absolute Gasteiger partial charge is 0.450 e. The Bertz CT molecular complexity index is 2360. The number of para-hydroxylation sites is 1. The molecule has 294 valence electrons. The highest BCUT2D eigenvalue weighted by Crippen LogP contribution is 2.43. The first kappa shape index (κ1) is 37.2. The molecule has 3 aromatic carbocycles. The van der Waals surface area contributed by atoms with Crippen molar-refractivity contribution in [2.45, 2.75) is 50.9 Å². The molecule has 1 saturated heterocycles. The third-order valence-corrected chi connectivity index (χ3v) is 11.7. The van der Waals surface area contributed by atoms with Gasteiger partial charge in [-0.1, -0.05) is 42.5 Å². The van der Waals surface area contributed by atoms with Crippen LogP contribution in [-0.2, 0) is 40.0 Å². The van der Waals surface area contributed by atoms with Gasteiger partial charge in [-0.15, -0.1) is 0 Å². The van der Waals surface area contributed by atoms with Crippen LogP contribution in [0.1, 0.15) is 57.4 Å². The minimum atomic E-state index is -4.78. The normalized spacial score (nSPS) is 19.4. The molecule has 1 fully saturated rings. The molecule has 2 N–H and O–H groups in total. The molecule has 14 heteroatoms. The molecule has 57 heavy (non-hydrogen) atoms. The van der Waals surface area contributed by atoms with E-state index in [1.807, 2.05) is 53.4 Å². The first-order valence-corrected chi connectivity index (χ1v) is 20.8. The van der Waals surface area contributed by atoms with Crippen LogP contribution in [0.4, 0.5) is 11.4 Å². The van der Waals surface area contributed by atoms with Crippen LogP contribution in [0.25, 0.3) is 6.08 Å². The molecule has 1 unspecified atom stereocenters. The Hall–Kier alpha value is -5.43. The highest BCUT2D eigenvalue weighted by atomic mass is 31.2. The summed E-state index contributed by atoms with van der Waals surface area (Å²) in [7, 11) is -4.78. The van der Waals surface area contributed by atoms with Crippen molar-refractivity contribution in [2.24, 2.45) is 0 Å². The minimum Gasteiger partial charge on any atom is -0.450 e. The predicted octanol–water partition coefficient (Wildman–Crippen LogP) is 6.67. The van der Waals surface area contributed by atoms with Gasteiger partial charge in [0.1, 0.15) is 5.75 Å². The number of phosphoric acid groups is 1. The van der Waals surface area contributed by atoms with Crippen molar-refractivity contribution in [1.82, 2.24) is 14.4 Å². The number of hydrogen-bond donors (Lipinski definition) is 2. The van der Waals surface area contributed by atoms with Crippen molar-refractivity contribution in [1.29, 1.82) is 0 Å². The Balaban J connectivity index is 1.10. The van der Waals surface area contributed by atoms with E-state index >= 15 is 4.79 Å². The molecule has 2 aromatic heterocycles. The largest absolute Gasteiger partial charge is 0.524 e. The molecule has 0 bridgehead atoms. The quantitative estimate of drug-likeness (QED) is 0.155. The number of hydrogen-bond acceptors (Lipinski definition) is 8. The SMILES string of the molecule is O=C(c1cc(C2Oc3occc3C=C2C(=O)N2Cc3ccccc3C[C@@H]2CN2CCOCC2)n2c1CCCC2)N(c1ccccc1)c1ccc(OP(=O)(O)O)cc1. The van der Waals surface area contributed by atoms with Gasteiger partial charge in [-0.3, -0.25) is 29.2 Å². The lowest BCUT2D eigenvalue weighted by Crippen LogP contribution is -2.52.